The number of anilines is 1. The van der Waals surface area contributed by atoms with Gasteiger partial charge in [-0.1, -0.05) is 6.07 Å². The lowest BCUT2D eigenvalue weighted by Gasteiger charge is -2.13. The van der Waals surface area contributed by atoms with Crippen LogP contribution in [0.5, 0.6) is 17.2 Å². The van der Waals surface area contributed by atoms with Gasteiger partial charge in [-0.15, -0.1) is 0 Å². The number of hydrogen-bond donors (Lipinski definition) is 1. The van der Waals surface area contributed by atoms with E-state index in [1.165, 1.54) is 18.8 Å². The first-order chi connectivity index (χ1) is 13.1. The standard InChI is InChI=1S/C20H20N2O5/c1-25-13-7-8-18(27-3)16(11-13)21-19(23)12-22-10-9-14-15(20(22)24)5-4-6-17(14)26-2/h4-11H,12H2,1-3H3,(H,21,23). The Labute approximate surface area is 156 Å². The maximum atomic E-state index is 12.7. The van der Waals surface area contributed by atoms with E-state index >= 15 is 0 Å². The molecule has 0 aliphatic rings. The Bertz CT molecular complexity index is 1040. The number of rotatable bonds is 6. The van der Waals surface area contributed by atoms with Crippen LogP contribution >= 0.6 is 0 Å². The molecule has 0 aliphatic heterocycles. The van der Waals surface area contributed by atoms with E-state index in [0.717, 1.165) is 0 Å². The number of ether oxygens (including phenoxy) is 3. The Hall–Kier alpha value is -3.48. The summed E-state index contributed by atoms with van der Waals surface area (Å²) in [6.45, 7) is -0.133. The summed E-state index contributed by atoms with van der Waals surface area (Å²) in [5.74, 6) is 1.34. The highest BCUT2D eigenvalue weighted by molar-refractivity contribution is 5.93. The first-order valence-corrected chi connectivity index (χ1v) is 8.25. The predicted octanol–water partition coefficient (Wildman–Crippen LogP) is 2.67. The summed E-state index contributed by atoms with van der Waals surface area (Å²) in [5, 5.41) is 3.95. The number of nitrogens with zero attached hydrogens (tertiary/aromatic N) is 1. The maximum absolute atomic E-state index is 12.7. The molecule has 0 saturated carbocycles. The van der Waals surface area contributed by atoms with Crippen molar-refractivity contribution in [1.82, 2.24) is 4.57 Å². The fraction of sp³-hybridized carbons (Fsp3) is 0.200. The zero-order valence-electron chi connectivity index (χ0n) is 15.3. The van der Waals surface area contributed by atoms with Gasteiger partial charge in [0, 0.05) is 17.6 Å². The van der Waals surface area contributed by atoms with Crippen LogP contribution in [-0.4, -0.2) is 31.8 Å². The lowest BCUT2D eigenvalue weighted by molar-refractivity contribution is -0.116. The molecule has 0 aliphatic carbocycles. The second-order valence-electron chi connectivity index (χ2n) is 5.78. The van der Waals surface area contributed by atoms with Crippen LogP contribution in [0.2, 0.25) is 0 Å². The number of carbonyl (C=O) groups excluding carboxylic acids is 1. The summed E-state index contributed by atoms with van der Waals surface area (Å²) < 4.78 is 17.0. The number of hydrogen-bond acceptors (Lipinski definition) is 5. The topological polar surface area (TPSA) is 78.8 Å². The number of pyridine rings is 1. The van der Waals surface area contributed by atoms with E-state index in [1.54, 1.807) is 55.8 Å². The van der Waals surface area contributed by atoms with Crippen LogP contribution < -0.4 is 25.1 Å². The molecule has 7 heteroatoms. The Kier molecular flexibility index (Phi) is 5.30. The Morgan fingerprint density at radius 1 is 0.963 bits per heavy atom. The van der Waals surface area contributed by atoms with Crippen LogP contribution in [0.25, 0.3) is 10.8 Å². The summed E-state index contributed by atoms with van der Waals surface area (Å²) in [5.41, 5.74) is 0.205. The van der Waals surface area contributed by atoms with Crippen LogP contribution in [0.15, 0.2) is 53.5 Å². The molecule has 0 bridgehead atoms. The lowest BCUT2D eigenvalue weighted by Crippen LogP contribution is -2.27. The summed E-state index contributed by atoms with van der Waals surface area (Å²) in [7, 11) is 4.60. The molecule has 7 nitrogen and oxygen atoms in total. The van der Waals surface area contributed by atoms with Crippen molar-refractivity contribution in [1.29, 1.82) is 0 Å². The summed E-state index contributed by atoms with van der Waals surface area (Å²) >= 11 is 0. The molecule has 1 heterocycles. The molecule has 1 amide bonds. The number of methoxy groups -OCH3 is 3. The van der Waals surface area contributed by atoms with Gasteiger partial charge < -0.3 is 24.1 Å². The third-order valence-electron chi connectivity index (χ3n) is 4.19. The molecule has 3 aromatic rings. The molecule has 0 radical (unpaired) electrons. The van der Waals surface area contributed by atoms with Crippen LogP contribution in [-0.2, 0) is 11.3 Å². The summed E-state index contributed by atoms with van der Waals surface area (Å²) in [4.78, 5) is 25.2. The first-order valence-electron chi connectivity index (χ1n) is 8.25. The van der Waals surface area contributed by atoms with E-state index in [0.29, 0.717) is 33.7 Å². The van der Waals surface area contributed by atoms with Crippen LogP contribution in [0.3, 0.4) is 0 Å². The average molecular weight is 368 g/mol. The van der Waals surface area contributed by atoms with Crippen molar-refractivity contribution < 1.29 is 19.0 Å². The van der Waals surface area contributed by atoms with Gasteiger partial charge in [0.25, 0.3) is 5.56 Å². The van der Waals surface area contributed by atoms with Crippen molar-refractivity contribution in [3.05, 3.63) is 59.0 Å². The number of amides is 1. The molecule has 27 heavy (non-hydrogen) atoms. The monoisotopic (exact) mass is 368 g/mol. The summed E-state index contributed by atoms with van der Waals surface area (Å²) in [6, 6.07) is 12.1. The first kappa shape index (κ1) is 18.3. The quantitative estimate of drug-likeness (QED) is 0.724. The highest BCUT2D eigenvalue weighted by Crippen LogP contribution is 2.29. The third kappa shape index (κ3) is 3.72. The van der Waals surface area contributed by atoms with Crippen molar-refractivity contribution in [3.8, 4) is 17.2 Å². The normalized spacial score (nSPS) is 10.5. The lowest BCUT2D eigenvalue weighted by atomic mass is 10.1. The van der Waals surface area contributed by atoms with E-state index in [9.17, 15) is 9.59 Å². The van der Waals surface area contributed by atoms with Gasteiger partial charge in [0.05, 0.1) is 32.4 Å². The fourth-order valence-corrected chi connectivity index (χ4v) is 2.85. The summed E-state index contributed by atoms with van der Waals surface area (Å²) in [6.07, 6.45) is 1.58. The minimum absolute atomic E-state index is 0.133. The van der Waals surface area contributed by atoms with Gasteiger partial charge in [0.15, 0.2) is 0 Å². The van der Waals surface area contributed by atoms with E-state index in [4.69, 9.17) is 14.2 Å². The number of fused-ring (bicyclic) bond motifs is 1. The molecule has 2 aromatic carbocycles. The molecule has 0 saturated heterocycles. The highest BCUT2D eigenvalue weighted by atomic mass is 16.5. The number of aromatic nitrogens is 1. The van der Waals surface area contributed by atoms with Crippen molar-refractivity contribution in [2.45, 2.75) is 6.54 Å². The van der Waals surface area contributed by atoms with Gasteiger partial charge in [0.1, 0.15) is 23.8 Å². The van der Waals surface area contributed by atoms with Gasteiger partial charge in [-0.25, -0.2) is 0 Å². The molecule has 140 valence electrons. The second-order valence-corrected chi connectivity index (χ2v) is 5.78. The average Bonchev–Trinajstić information content (AvgIpc) is 2.69. The zero-order valence-corrected chi connectivity index (χ0v) is 15.3. The smallest absolute Gasteiger partial charge is 0.259 e. The van der Waals surface area contributed by atoms with E-state index in [-0.39, 0.29) is 18.0 Å². The predicted molar refractivity (Wildman–Crippen MR) is 103 cm³/mol. The molecular formula is C20H20N2O5. The Morgan fingerprint density at radius 3 is 2.44 bits per heavy atom. The molecule has 0 fully saturated rings. The fourth-order valence-electron chi connectivity index (χ4n) is 2.85. The molecule has 0 spiro atoms. The SMILES string of the molecule is COc1ccc(OC)c(NC(=O)Cn2ccc3c(OC)cccc3c2=O)c1. The van der Waals surface area contributed by atoms with Crippen LogP contribution in [0.4, 0.5) is 5.69 Å². The Morgan fingerprint density at radius 2 is 1.74 bits per heavy atom. The zero-order chi connectivity index (χ0) is 19.4. The van der Waals surface area contributed by atoms with E-state index < -0.39 is 0 Å². The molecule has 3 rings (SSSR count). The van der Waals surface area contributed by atoms with E-state index in [1.807, 2.05) is 0 Å². The van der Waals surface area contributed by atoms with Crippen LogP contribution in [0, 0.1) is 0 Å². The van der Waals surface area contributed by atoms with Gasteiger partial charge in [-0.05, 0) is 30.3 Å². The Balaban J connectivity index is 1.87. The van der Waals surface area contributed by atoms with Gasteiger partial charge in [-0.2, -0.15) is 0 Å². The minimum Gasteiger partial charge on any atom is -0.497 e. The van der Waals surface area contributed by atoms with Gasteiger partial charge >= 0.3 is 0 Å². The van der Waals surface area contributed by atoms with Crippen molar-refractivity contribution in [2.75, 3.05) is 26.6 Å². The number of nitrogens with one attached hydrogen (secondary N) is 1. The van der Waals surface area contributed by atoms with Crippen molar-refractivity contribution in [2.24, 2.45) is 0 Å². The van der Waals surface area contributed by atoms with Gasteiger partial charge in [0.2, 0.25) is 5.91 Å². The van der Waals surface area contributed by atoms with Crippen molar-refractivity contribution in [3.63, 3.8) is 0 Å². The van der Waals surface area contributed by atoms with Crippen molar-refractivity contribution >= 4 is 22.4 Å². The van der Waals surface area contributed by atoms with Crippen LogP contribution in [0.1, 0.15) is 0 Å². The number of carbonyl (C=O) groups is 1. The van der Waals surface area contributed by atoms with E-state index in [2.05, 4.69) is 5.32 Å². The molecule has 0 atom stereocenters. The third-order valence-corrected chi connectivity index (χ3v) is 4.19. The highest BCUT2D eigenvalue weighted by Gasteiger charge is 2.12. The second kappa shape index (κ2) is 7.82. The maximum Gasteiger partial charge on any atom is 0.259 e. The van der Waals surface area contributed by atoms with Gasteiger partial charge in [-0.3, -0.25) is 9.59 Å². The number of benzene rings is 2. The molecular weight excluding hydrogens is 348 g/mol. The minimum atomic E-state index is -0.356. The molecule has 1 aromatic heterocycles. The molecule has 0 unspecified atom stereocenters. The molecule has 1 N–H and O–H groups in total. The largest absolute Gasteiger partial charge is 0.497 e.